The Labute approximate surface area is 107 Å². The average molecular weight is 254 g/mol. The van der Waals surface area contributed by atoms with Crippen molar-refractivity contribution < 1.29 is 9.47 Å². The zero-order chi connectivity index (χ0) is 12.3. The number of hydrogen-bond donors (Lipinski definition) is 2. The zero-order valence-corrected chi connectivity index (χ0v) is 10.8. The van der Waals surface area contributed by atoms with Crippen LogP contribution >= 0.6 is 12.2 Å². The number of hydrogen-bond acceptors (Lipinski definition) is 3. The van der Waals surface area contributed by atoms with Crippen LogP contribution in [0.5, 0.6) is 5.75 Å². The third-order valence-corrected chi connectivity index (χ3v) is 2.28. The first-order chi connectivity index (χ1) is 8.33. The van der Waals surface area contributed by atoms with Crippen LogP contribution < -0.4 is 15.4 Å². The molecule has 0 aliphatic carbocycles. The third-order valence-electron chi connectivity index (χ3n) is 1.99. The smallest absolute Gasteiger partial charge is 0.166 e. The second-order valence-corrected chi connectivity index (χ2v) is 3.75. The first kappa shape index (κ1) is 13.7. The minimum absolute atomic E-state index is 0.579. The molecule has 0 bridgehead atoms. The summed E-state index contributed by atoms with van der Waals surface area (Å²) in [5.74, 6) is 0.868. The lowest BCUT2D eigenvalue weighted by atomic mass is 10.3. The maximum atomic E-state index is 5.51. The number of benzene rings is 1. The van der Waals surface area contributed by atoms with Crippen molar-refractivity contribution in [3.05, 3.63) is 30.3 Å². The highest BCUT2D eigenvalue weighted by Gasteiger charge is 1.95. The van der Waals surface area contributed by atoms with Crippen molar-refractivity contribution in [3.63, 3.8) is 0 Å². The maximum Gasteiger partial charge on any atom is 0.166 e. The van der Waals surface area contributed by atoms with Gasteiger partial charge in [0.1, 0.15) is 12.4 Å². The highest BCUT2D eigenvalue weighted by Crippen LogP contribution is 2.07. The van der Waals surface area contributed by atoms with E-state index in [1.54, 1.807) is 7.11 Å². The van der Waals surface area contributed by atoms with Crippen LogP contribution in [0.15, 0.2) is 30.3 Å². The Morgan fingerprint density at radius 2 is 1.76 bits per heavy atom. The lowest BCUT2D eigenvalue weighted by Crippen LogP contribution is -2.38. The minimum atomic E-state index is 0.579. The van der Waals surface area contributed by atoms with Crippen molar-refractivity contribution in [2.24, 2.45) is 0 Å². The predicted octanol–water partition coefficient (Wildman–Crippen LogP) is 1.18. The third kappa shape index (κ3) is 6.76. The molecule has 0 spiro atoms. The number of rotatable bonds is 7. The topological polar surface area (TPSA) is 42.5 Å². The van der Waals surface area contributed by atoms with Crippen molar-refractivity contribution in [2.75, 3.05) is 33.4 Å². The molecule has 0 radical (unpaired) electrons. The summed E-state index contributed by atoms with van der Waals surface area (Å²) in [6.07, 6.45) is 0. The van der Waals surface area contributed by atoms with E-state index in [1.807, 2.05) is 30.3 Å². The molecule has 1 aromatic carbocycles. The molecule has 0 amide bonds. The van der Waals surface area contributed by atoms with Gasteiger partial charge in [-0.25, -0.2) is 0 Å². The number of para-hydroxylation sites is 1. The fourth-order valence-corrected chi connectivity index (χ4v) is 1.38. The van der Waals surface area contributed by atoms with Crippen LogP contribution in [0.1, 0.15) is 0 Å². The highest BCUT2D eigenvalue weighted by molar-refractivity contribution is 7.80. The standard InChI is InChI=1S/C12H18N2O2S/c1-15-9-7-13-12(17)14-8-10-16-11-5-3-2-4-6-11/h2-6H,7-10H2,1H3,(H2,13,14,17). The van der Waals surface area contributed by atoms with E-state index in [4.69, 9.17) is 21.7 Å². The molecule has 1 aromatic rings. The van der Waals surface area contributed by atoms with Crippen molar-refractivity contribution in [2.45, 2.75) is 0 Å². The van der Waals surface area contributed by atoms with Crippen LogP contribution in [-0.2, 0) is 4.74 Å². The fourth-order valence-electron chi connectivity index (χ4n) is 1.18. The van der Waals surface area contributed by atoms with Crippen LogP contribution in [0.25, 0.3) is 0 Å². The molecule has 0 aromatic heterocycles. The maximum absolute atomic E-state index is 5.51. The molecule has 0 saturated carbocycles. The van der Waals surface area contributed by atoms with E-state index in [9.17, 15) is 0 Å². The van der Waals surface area contributed by atoms with Gasteiger partial charge in [0.2, 0.25) is 0 Å². The van der Waals surface area contributed by atoms with E-state index in [2.05, 4.69) is 10.6 Å². The zero-order valence-electron chi connectivity index (χ0n) is 9.94. The normalized spacial score (nSPS) is 9.71. The Morgan fingerprint density at radius 3 is 2.41 bits per heavy atom. The summed E-state index contributed by atoms with van der Waals surface area (Å²) in [4.78, 5) is 0. The summed E-state index contributed by atoms with van der Waals surface area (Å²) in [5, 5.41) is 6.70. The molecule has 1 rings (SSSR count). The predicted molar refractivity (Wildman–Crippen MR) is 72.4 cm³/mol. The van der Waals surface area contributed by atoms with Crippen LogP contribution in [0, 0.1) is 0 Å². The summed E-state index contributed by atoms with van der Waals surface area (Å²) in [6, 6.07) is 9.70. The van der Waals surface area contributed by atoms with Crippen molar-refractivity contribution in [3.8, 4) is 5.75 Å². The molecule has 0 aliphatic rings. The van der Waals surface area contributed by atoms with E-state index >= 15 is 0 Å². The molecule has 0 unspecified atom stereocenters. The molecule has 94 valence electrons. The van der Waals surface area contributed by atoms with E-state index in [1.165, 1.54) is 0 Å². The van der Waals surface area contributed by atoms with Crippen LogP contribution in [0.2, 0.25) is 0 Å². The van der Waals surface area contributed by atoms with E-state index in [0.717, 1.165) is 5.75 Å². The van der Waals surface area contributed by atoms with Gasteiger partial charge >= 0.3 is 0 Å². The second kappa shape index (κ2) is 8.78. The number of nitrogens with one attached hydrogen (secondary N) is 2. The quantitative estimate of drug-likeness (QED) is 0.565. The van der Waals surface area contributed by atoms with Gasteiger partial charge in [0, 0.05) is 13.7 Å². The van der Waals surface area contributed by atoms with Crippen LogP contribution in [-0.4, -0.2) is 38.5 Å². The lowest BCUT2D eigenvalue weighted by Gasteiger charge is -2.10. The second-order valence-electron chi connectivity index (χ2n) is 3.34. The summed E-state index contributed by atoms with van der Waals surface area (Å²) in [6.45, 7) is 2.61. The van der Waals surface area contributed by atoms with Gasteiger partial charge in [0.05, 0.1) is 13.2 Å². The van der Waals surface area contributed by atoms with Gasteiger partial charge in [0.25, 0.3) is 0 Å². The highest BCUT2D eigenvalue weighted by atomic mass is 32.1. The molecule has 5 heteroatoms. The number of ether oxygens (including phenoxy) is 2. The fraction of sp³-hybridized carbons (Fsp3) is 0.417. The van der Waals surface area contributed by atoms with Crippen molar-refractivity contribution in [1.82, 2.24) is 10.6 Å². The van der Waals surface area contributed by atoms with Crippen LogP contribution in [0.4, 0.5) is 0 Å². The Kier molecular flexibility index (Phi) is 7.09. The minimum Gasteiger partial charge on any atom is -0.492 e. The van der Waals surface area contributed by atoms with E-state index in [-0.39, 0.29) is 0 Å². The molecule has 17 heavy (non-hydrogen) atoms. The summed E-state index contributed by atoms with van der Waals surface area (Å²) in [5.41, 5.74) is 0. The van der Waals surface area contributed by atoms with Crippen molar-refractivity contribution in [1.29, 1.82) is 0 Å². The van der Waals surface area contributed by atoms with Crippen LogP contribution in [0.3, 0.4) is 0 Å². The monoisotopic (exact) mass is 254 g/mol. The van der Waals surface area contributed by atoms with Gasteiger partial charge in [-0.3, -0.25) is 0 Å². The molecule has 0 saturated heterocycles. The number of methoxy groups -OCH3 is 1. The first-order valence-electron chi connectivity index (χ1n) is 5.51. The van der Waals surface area contributed by atoms with Gasteiger partial charge in [-0.1, -0.05) is 18.2 Å². The summed E-state index contributed by atoms with van der Waals surface area (Å²) < 4.78 is 10.4. The largest absolute Gasteiger partial charge is 0.492 e. The summed E-state index contributed by atoms with van der Waals surface area (Å²) in [7, 11) is 1.66. The average Bonchev–Trinajstić information content (AvgIpc) is 2.36. The van der Waals surface area contributed by atoms with Gasteiger partial charge in [-0.2, -0.15) is 0 Å². The molecule has 0 atom stereocenters. The Morgan fingerprint density at radius 1 is 1.12 bits per heavy atom. The van der Waals surface area contributed by atoms with Gasteiger partial charge in [-0.05, 0) is 24.4 Å². The Bertz CT molecular complexity index is 320. The van der Waals surface area contributed by atoms with Gasteiger partial charge < -0.3 is 20.1 Å². The summed E-state index contributed by atoms with van der Waals surface area (Å²) >= 11 is 5.06. The number of thiocarbonyl (C=S) groups is 1. The molecular weight excluding hydrogens is 236 g/mol. The Hall–Kier alpha value is -1.33. The van der Waals surface area contributed by atoms with Gasteiger partial charge in [-0.15, -0.1) is 0 Å². The molecule has 2 N–H and O–H groups in total. The SMILES string of the molecule is COCCNC(=S)NCCOc1ccccc1. The van der Waals surface area contributed by atoms with Gasteiger partial charge in [0.15, 0.2) is 5.11 Å². The Balaban J connectivity index is 2.02. The molecular formula is C12H18N2O2S. The first-order valence-corrected chi connectivity index (χ1v) is 5.92. The molecule has 0 heterocycles. The van der Waals surface area contributed by atoms with E-state index in [0.29, 0.717) is 31.4 Å². The van der Waals surface area contributed by atoms with Crippen molar-refractivity contribution >= 4 is 17.3 Å². The lowest BCUT2D eigenvalue weighted by molar-refractivity contribution is 0.204. The van der Waals surface area contributed by atoms with E-state index < -0.39 is 0 Å². The molecule has 4 nitrogen and oxygen atoms in total. The molecule has 0 aliphatic heterocycles. The molecule has 0 fully saturated rings.